The molecule has 0 spiro atoms. The Hall–Kier alpha value is -1.51. The van der Waals surface area contributed by atoms with E-state index >= 15 is 0 Å². The minimum atomic E-state index is -0.391. The topological polar surface area (TPSA) is 55.1 Å². The van der Waals surface area contributed by atoms with Crippen molar-refractivity contribution in [3.63, 3.8) is 0 Å². The average molecular weight is 164 g/mol. The van der Waals surface area contributed by atoms with Gasteiger partial charge in [0.05, 0.1) is 0 Å². The summed E-state index contributed by atoms with van der Waals surface area (Å²) in [4.78, 5) is 10.7. The molecule has 64 valence electrons. The molecule has 0 saturated heterocycles. The zero-order valence-corrected chi connectivity index (χ0v) is 7.00. The maximum atomic E-state index is 10.7. The monoisotopic (exact) mass is 164 g/mol. The van der Waals surface area contributed by atoms with Crippen LogP contribution in [0.4, 0.5) is 5.69 Å². The third-order valence-electron chi connectivity index (χ3n) is 1.55. The molecule has 1 rings (SSSR count). The average Bonchev–Trinajstić information content (AvgIpc) is 2.06. The normalized spacial score (nSPS) is 9.42. The zero-order valence-electron chi connectivity index (χ0n) is 7.00. The Morgan fingerprint density at radius 1 is 1.42 bits per heavy atom. The molecule has 3 N–H and O–H groups in total. The van der Waals surface area contributed by atoms with Gasteiger partial charge in [-0.1, -0.05) is 0 Å². The van der Waals surface area contributed by atoms with Crippen molar-refractivity contribution in [2.45, 2.75) is 6.92 Å². The summed E-state index contributed by atoms with van der Waals surface area (Å²) in [5.41, 5.74) is 6.62. The van der Waals surface area contributed by atoms with E-state index in [1.165, 1.54) is 0 Å². The van der Waals surface area contributed by atoms with Crippen molar-refractivity contribution in [3.8, 4) is 0 Å². The van der Waals surface area contributed by atoms with Crippen LogP contribution in [0.2, 0.25) is 0 Å². The molecule has 0 saturated carbocycles. The van der Waals surface area contributed by atoms with E-state index in [0.717, 1.165) is 12.2 Å². The maximum absolute atomic E-state index is 10.7. The molecule has 0 atom stereocenters. The minimum absolute atomic E-state index is 0.391. The van der Waals surface area contributed by atoms with Crippen LogP contribution in [0.1, 0.15) is 17.3 Å². The van der Waals surface area contributed by atoms with Gasteiger partial charge in [-0.25, -0.2) is 0 Å². The highest BCUT2D eigenvalue weighted by atomic mass is 16.1. The number of nitrogens with two attached hydrogens (primary N) is 1. The largest absolute Gasteiger partial charge is 0.385 e. The van der Waals surface area contributed by atoms with Gasteiger partial charge in [0.25, 0.3) is 0 Å². The van der Waals surface area contributed by atoms with E-state index in [2.05, 4.69) is 5.32 Å². The van der Waals surface area contributed by atoms with Crippen LogP contribution >= 0.6 is 0 Å². The number of hydrogen-bond donors (Lipinski definition) is 2. The summed E-state index contributed by atoms with van der Waals surface area (Å²) < 4.78 is 0. The number of carbonyl (C=O) groups is 1. The smallest absolute Gasteiger partial charge is 0.248 e. The Labute approximate surface area is 71.6 Å². The molecule has 3 nitrogen and oxygen atoms in total. The molecule has 0 aliphatic carbocycles. The Kier molecular flexibility index (Phi) is 2.69. The molecule has 1 aromatic carbocycles. The lowest BCUT2D eigenvalue weighted by molar-refractivity contribution is 0.100. The van der Waals surface area contributed by atoms with Crippen LogP contribution in [0.25, 0.3) is 0 Å². The maximum Gasteiger partial charge on any atom is 0.248 e. The second-order valence-corrected chi connectivity index (χ2v) is 2.47. The predicted molar refractivity (Wildman–Crippen MR) is 49.1 cm³/mol. The molecule has 12 heavy (non-hydrogen) atoms. The summed E-state index contributed by atoms with van der Waals surface area (Å²) in [6.45, 7) is 2.89. The van der Waals surface area contributed by atoms with Gasteiger partial charge in [-0.3, -0.25) is 4.79 Å². The van der Waals surface area contributed by atoms with Crippen LogP contribution < -0.4 is 11.1 Å². The van der Waals surface area contributed by atoms with Gasteiger partial charge < -0.3 is 11.1 Å². The van der Waals surface area contributed by atoms with Crippen molar-refractivity contribution in [2.75, 3.05) is 11.9 Å². The van der Waals surface area contributed by atoms with E-state index in [9.17, 15) is 4.79 Å². The molecule has 0 fully saturated rings. The highest BCUT2D eigenvalue weighted by Gasteiger charge is 1.97. The second kappa shape index (κ2) is 3.76. The highest BCUT2D eigenvalue weighted by Crippen LogP contribution is 2.08. The Morgan fingerprint density at radius 2 is 2.00 bits per heavy atom. The minimum Gasteiger partial charge on any atom is -0.385 e. The summed E-state index contributed by atoms with van der Waals surface area (Å²) in [5, 5.41) is 3.12. The number of rotatable bonds is 3. The molecule has 0 aromatic heterocycles. The van der Waals surface area contributed by atoms with Crippen LogP contribution in [0.15, 0.2) is 24.3 Å². The van der Waals surface area contributed by atoms with E-state index in [4.69, 9.17) is 5.73 Å². The zero-order chi connectivity index (χ0) is 8.97. The lowest BCUT2D eigenvalue weighted by Crippen LogP contribution is -2.10. The summed E-state index contributed by atoms with van der Waals surface area (Å²) in [6, 6.07) is 7.09. The van der Waals surface area contributed by atoms with E-state index in [1.54, 1.807) is 12.1 Å². The number of anilines is 1. The highest BCUT2D eigenvalue weighted by molar-refractivity contribution is 5.93. The second-order valence-electron chi connectivity index (χ2n) is 2.47. The van der Waals surface area contributed by atoms with Gasteiger partial charge in [0.1, 0.15) is 0 Å². The van der Waals surface area contributed by atoms with Crippen LogP contribution in [0.3, 0.4) is 0 Å². The first-order valence-corrected chi connectivity index (χ1v) is 3.87. The molecule has 1 amide bonds. The van der Waals surface area contributed by atoms with Crippen molar-refractivity contribution < 1.29 is 4.79 Å². The molecule has 3 heteroatoms. The SMILES string of the molecule is CCNc1ccc(C(N)=O)cc1. The van der Waals surface area contributed by atoms with Gasteiger partial charge in [0, 0.05) is 17.8 Å². The van der Waals surface area contributed by atoms with Gasteiger partial charge in [-0.2, -0.15) is 0 Å². The van der Waals surface area contributed by atoms with Gasteiger partial charge >= 0.3 is 0 Å². The van der Waals surface area contributed by atoms with Crippen molar-refractivity contribution in [3.05, 3.63) is 29.8 Å². The fraction of sp³-hybridized carbons (Fsp3) is 0.222. The molecule has 0 unspecified atom stereocenters. The third kappa shape index (κ3) is 1.99. The molecule has 0 aliphatic heterocycles. The molecule has 0 heterocycles. The van der Waals surface area contributed by atoms with Crippen LogP contribution in [0, 0.1) is 0 Å². The van der Waals surface area contributed by atoms with Gasteiger partial charge in [-0.15, -0.1) is 0 Å². The van der Waals surface area contributed by atoms with E-state index in [1.807, 2.05) is 19.1 Å². The van der Waals surface area contributed by atoms with Crippen molar-refractivity contribution in [2.24, 2.45) is 5.73 Å². The van der Waals surface area contributed by atoms with Crippen molar-refractivity contribution in [1.29, 1.82) is 0 Å². The molecule has 1 aromatic rings. The fourth-order valence-electron chi connectivity index (χ4n) is 0.956. The van der Waals surface area contributed by atoms with Crippen LogP contribution in [-0.4, -0.2) is 12.5 Å². The molecular formula is C9H12N2O. The number of primary amides is 1. The first-order chi connectivity index (χ1) is 5.74. The summed E-state index contributed by atoms with van der Waals surface area (Å²) in [7, 11) is 0. The lowest BCUT2D eigenvalue weighted by atomic mass is 10.2. The van der Waals surface area contributed by atoms with Crippen LogP contribution in [0.5, 0.6) is 0 Å². The summed E-state index contributed by atoms with van der Waals surface area (Å²) in [6.07, 6.45) is 0. The van der Waals surface area contributed by atoms with Crippen molar-refractivity contribution >= 4 is 11.6 Å². The number of carbonyl (C=O) groups excluding carboxylic acids is 1. The van der Waals surface area contributed by atoms with Crippen LogP contribution in [-0.2, 0) is 0 Å². The Bertz CT molecular complexity index is 266. The molecule has 0 bridgehead atoms. The standard InChI is InChI=1S/C9H12N2O/c1-2-11-8-5-3-7(4-6-8)9(10)12/h3-6,11H,2H2,1H3,(H2,10,12). The lowest BCUT2D eigenvalue weighted by Gasteiger charge is -2.02. The van der Waals surface area contributed by atoms with E-state index < -0.39 is 5.91 Å². The first-order valence-electron chi connectivity index (χ1n) is 3.87. The number of benzene rings is 1. The predicted octanol–water partition coefficient (Wildman–Crippen LogP) is 1.22. The van der Waals surface area contributed by atoms with E-state index in [-0.39, 0.29) is 0 Å². The molecule has 0 radical (unpaired) electrons. The van der Waals surface area contributed by atoms with Gasteiger partial charge in [-0.05, 0) is 31.2 Å². The summed E-state index contributed by atoms with van der Waals surface area (Å²) in [5.74, 6) is -0.391. The molecular weight excluding hydrogens is 152 g/mol. The summed E-state index contributed by atoms with van der Waals surface area (Å²) >= 11 is 0. The van der Waals surface area contributed by atoms with Gasteiger partial charge in [0.15, 0.2) is 0 Å². The molecule has 0 aliphatic rings. The fourth-order valence-corrected chi connectivity index (χ4v) is 0.956. The number of hydrogen-bond acceptors (Lipinski definition) is 2. The first kappa shape index (κ1) is 8.59. The Balaban J connectivity index is 2.78. The van der Waals surface area contributed by atoms with Gasteiger partial charge in [0.2, 0.25) is 5.91 Å². The quantitative estimate of drug-likeness (QED) is 0.705. The number of nitrogens with one attached hydrogen (secondary N) is 1. The van der Waals surface area contributed by atoms with Crippen molar-refractivity contribution in [1.82, 2.24) is 0 Å². The van der Waals surface area contributed by atoms with E-state index in [0.29, 0.717) is 5.56 Å². The number of amides is 1. The Morgan fingerprint density at radius 3 is 2.42 bits per heavy atom. The third-order valence-corrected chi connectivity index (χ3v) is 1.55.